The molecule has 1 amide bonds. The maximum atomic E-state index is 12.3. The van der Waals surface area contributed by atoms with E-state index < -0.39 is 0 Å². The number of fused-ring (bicyclic) bond motifs is 4. The van der Waals surface area contributed by atoms with E-state index in [1.54, 1.807) is 18.0 Å². The average Bonchev–Trinajstić information content (AvgIpc) is 2.79. The molecule has 108 valence electrons. The Kier molecular flexibility index (Phi) is 4.27. The molecule has 4 heterocycles. The Morgan fingerprint density at radius 1 is 1.45 bits per heavy atom. The molecule has 1 unspecified atom stereocenters. The van der Waals surface area contributed by atoms with Crippen molar-refractivity contribution in [1.82, 2.24) is 15.2 Å². The van der Waals surface area contributed by atoms with Gasteiger partial charge in [-0.3, -0.25) is 9.78 Å². The minimum atomic E-state index is -0.0339. The number of rotatable bonds is 3. The highest BCUT2D eigenvalue weighted by Crippen LogP contribution is 2.26. The monoisotopic (exact) mass is 291 g/mol. The predicted molar refractivity (Wildman–Crippen MR) is 81.1 cm³/mol. The van der Waals surface area contributed by atoms with Crippen LogP contribution in [0.5, 0.6) is 0 Å². The third kappa shape index (κ3) is 3.15. The highest BCUT2D eigenvalue weighted by Gasteiger charge is 2.30. The molecule has 3 aliphatic heterocycles. The Morgan fingerprint density at radius 2 is 2.25 bits per heavy atom. The van der Waals surface area contributed by atoms with E-state index in [2.05, 4.69) is 15.2 Å². The van der Waals surface area contributed by atoms with Gasteiger partial charge in [-0.15, -0.1) is 11.8 Å². The van der Waals surface area contributed by atoms with E-state index in [0.717, 1.165) is 23.8 Å². The fourth-order valence-corrected chi connectivity index (χ4v) is 3.65. The Labute approximate surface area is 124 Å². The lowest BCUT2D eigenvalue weighted by Crippen LogP contribution is -2.42. The van der Waals surface area contributed by atoms with Gasteiger partial charge in [-0.05, 0) is 56.7 Å². The predicted octanol–water partition coefficient (Wildman–Crippen LogP) is 2.02. The fraction of sp³-hybridized carbons (Fsp3) is 0.600. The summed E-state index contributed by atoms with van der Waals surface area (Å²) >= 11 is 1.63. The summed E-state index contributed by atoms with van der Waals surface area (Å²) in [6.07, 6.45) is 7.40. The van der Waals surface area contributed by atoms with Gasteiger partial charge >= 0.3 is 0 Å². The smallest absolute Gasteiger partial charge is 0.270 e. The standard InChI is InChI=1S/C15H21N3OS/c1-20-13-2-5-16-14(9-13)15(19)17-12-8-11-3-6-18(10-12)7-4-11/h2,5,9,11-12H,3-4,6-8,10H2,1H3,(H,17,19). The summed E-state index contributed by atoms with van der Waals surface area (Å²) in [4.78, 5) is 20.1. The number of thioether (sulfide) groups is 1. The largest absolute Gasteiger partial charge is 0.347 e. The van der Waals surface area contributed by atoms with Crippen molar-refractivity contribution in [2.75, 3.05) is 25.9 Å². The number of hydrogen-bond acceptors (Lipinski definition) is 4. The number of piperidine rings is 1. The first-order valence-electron chi connectivity index (χ1n) is 7.28. The molecule has 5 heteroatoms. The molecule has 1 aromatic heterocycles. The van der Waals surface area contributed by atoms with Gasteiger partial charge in [-0.25, -0.2) is 0 Å². The highest BCUT2D eigenvalue weighted by molar-refractivity contribution is 7.98. The lowest BCUT2D eigenvalue weighted by atomic mass is 9.94. The van der Waals surface area contributed by atoms with Crippen molar-refractivity contribution in [3.05, 3.63) is 24.0 Å². The summed E-state index contributed by atoms with van der Waals surface area (Å²) in [6.45, 7) is 3.37. The van der Waals surface area contributed by atoms with Crippen LogP contribution in [-0.2, 0) is 0 Å². The Hall–Kier alpha value is -1.07. The molecular weight excluding hydrogens is 270 g/mol. The lowest BCUT2D eigenvalue weighted by Gasteiger charge is -2.26. The second-order valence-corrected chi connectivity index (χ2v) is 6.61. The second kappa shape index (κ2) is 6.14. The number of amides is 1. The van der Waals surface area contributed by atoms with Gasteiger partial charge in [0.05, 0.1) is 0 Å². The summed E-state index contributed by atoms with van der Waals surface area (Å²) in [6, 6.07) is 4.07. The summed E-state index contributed by atoms with van der Waals surface area (Å²) < 4.78 is 0. The minimum absolute atomic E-state index is 0.0339. The van der Waals surface area contributed by atoms with E-state index in [-0.39, 0.29) is 11.9 Å². The molecule has 0 aliphatic carbocycles. The van der Waals surface area contributed by atoms with Gasteiger partial charge in [-0.1, -0.05) is 0 Å². The molecule has 4 nitrogen and oxygen atoms in total. The number of aromatic nitrogens is 1. The van der Waals surface area contributed by atoms with Crippen molar-refractivity contribution in [2.24, 2.45) is 5.92 Å². The zero-order valence-corrected chi connectivity index (χ0v) is 12.7. The molecule has 20 heavy (non-hydrogen) atoms. The maximum absolute atomic E-state index is 12.3. The van der Waals surface area contributed by atoms with Crippen LogP contribution < -0.4 is 5.32 Å². The van der Waals surface area contributed by atoms with Crippen molar-refractivity contribution in [3.63, 3.8) is 0 Å². The Morgan fingerprint density at radius 3 is 3.00 bits per heavy atom. The van der Waals surface area contributed by atoms with Crippen molar-refractivity contribution < 1.29 is 4.79 Å². The highest BCUT2D eigenvalue weighted by atomic mass is 32.2. The van der Waals surface area contributed by atoms with Gasteiger partial charge in [0.15, 0.2) is 0 Å². The fourth-order valence-electron chi connectivity index (χ4n) is 3.22. The molecule has 1 aromatic rings. The molecule has 2 bridgehead atoms. The van der Waals surface area contributed by atoms with Crippen LogP contribution in [0.1, 0.15) is 29.8 Å². The first-order valence-corrected chi connectivity index (χ1v) is 8.50. The molecule has 3 aliphatic rings. The molecule has 0 spiro atoms. The molecule has 0 aromatic carbocycles. The molecule has 3 saturated heterocycles. The first kappa shape index (κ1) is 13.9. The third-order valence-electron chi connectivity index (χ3n) is 4.34. The molecular formula is C15H21N3OS. The van der Waals surface area contributed by atoms with Crippen LogP contribution >= 0.6 is 11.8 Å². The average molecular weight is 291 g/mol. The van der Waals surface area contributed by atoms with Crippen molar-refractivity contribution >= 4 is 17.7 Å². The number of hydrogen-bond donors (Lipinski definition) is 1. The van der Waals surface area contributed by atoms with Gasteiger partial charge in [0.2, 0.25) is 0 Å². The quantitative estimate of drug-likeness (QED) is 0.866. The van der Waals surface area contributed by atoms with Crippen LogP contribution in [0.4, 0.5) is 0 Å². The maximum Gasteiger partial charge on any atom is 0.270 e. The zero-order chi connectivity index (χ0) is 13.9. The van der Waals surface area contributed by atoms with E-state index >= 15 is 0 Å². The van der Waals surface area contributed by atoms with Crippen LogP contribution in [0, 0.1) is 5.92 Å². The van der Waals surface area contributed by atoms with Crippen molar-refractivity contribution in [3.8, 4) is 0 Å². The molecule has 4 rings (SSSR count). The summed E-state index contributed by atoms with van der Waals surface area (Å²) in [7, 11) is 0. The normalized spacial score (nSPS) is 28.9. The van der Waals surface area contributed by atoms with Gasteiger partial charge in [0, 0.05) is 23.7 Å². The number of carbonyl (C=O) groups excluding carboxylic acids is 1. The zero-order valence-electron chi connectivity index (χ0n) is 11.8. The van der Waals surface area contributed by atoms with Crippen LogP contribution in [0.15, 0.2) is 23.2 Å². The SMILES string of the molecule is CSc1ccnc(C(=O)NC2CC3CCN(CC3)C2)c1. The number of carbonyl (C=O) groups is 1. The van der Waals surface area contributed by atoms with Gasteiger partial charge < -0.3 is 10.2 Å². The Bertz CT molecular complexity index is 472. The van der Waals surface area contributed by atoms with Gasteiger partial charge in [0.25, 0.3) is 5.91 Å². The van der Waals surface area contributed by atoms with E-state index in [1.165, 1.54) is 25.9 Å². The number of nitrogens with zero attached hydrogens (tertiary/aromatic N) is 2. The molecule has 0 radical (unpaired) electrons. The molecule has 1 atom stereocenters. The van der Waals surface area contributed by atoms with E-state index in [4.69, 9.17) is 0 Å². The van der Waals surface area contributed by atoms with E-state index in [1.807, 2.05) is 18.4 Å². The molecule has 1 N–H and O–H groups in total. The van der Waals surface area contributed by atoms with Gasteiger partial charge in [0.1, 0.15) is 5.69 Å². The summed E-state index contributed by atoms with van der Waals surface area (Å²) in [5, 5.41) is 3.17. The van der Waals surface area contributed by atoms with Gasteiger partial charge in [-0.2, -0.15) is 0 Å². The number of nitrogens with one attached hydrogen (secondary N) is 1. The van der Waals surface area contributed by atoms with Crippen molar-refractivity contribution in [2.45, 2.75) is 30.2 Å². The van der Waals surface area contributed by atoms with Crippen LogP contribution in [-0.4, -0.2) is 47.7 Å². The van der Waals surface area contributed by atoms with E-state index in [0.29, 0.717) is 5.69 Å². The molecule has 3 fully saturated rings. The van der Waals surface area contributed by atoms with Crippen molar-refractivity contribution in [1.29, 1.82) is 0 Å². The molecule has 0 saturated carbocycles. The summed E-state index contributed by atoms with van der Waals surface area (Å²) in [5.41, 5.74) is 0.531. The minimum Gasteiger partial charge on any atom is -0.347 e. The third-order valence-corrected chi connectivity index (χ3v) is 5.06. The number of pyridine rings is 1. The Balaban J connectivity index is 1.66. The van der Waals surface area contributed by atoms with E-state index in [9.17, 15) is 4.79 Å². The summed E-state index contributed by atoms with van der Waals surface area (Å²) in [5.74, 6) is 0.748. The topological polar surface area (TPSA) is 45.2 Å². The second-order valence-electron chi connectivity index (χ2n) is 5.73. The van der Waals surface area contributed by atoms with Crippen LogP contribution in [0.25, 0.3) is 0 Å². The lowest BCUT2D eigenvalue weighted by molar-refractivity contribution is 0.0923. The van der Waals surface area contributed by atoms with Crippen LogP contribution in [0.3, 0.4) is 0 Å². The first-order chi connectivity index (χ1) is 9.74. The van der Waals surface area contributed by atoms with Crippen LogP contribution in [0.2, 0.25) is 0 Å².